The first kappa shape index (κ1) is 13.8. The van der Waals surface area contributed by atoms with Crippen molar-refractivity contribution in [3.05, 3.63) is 12.4 Å². The molecule has 0 radical (unpaired) electrons. The first-order valence-corrected chi connectivity index (χ1v) is 7.73. The maximum Gasteiger partial charge on any atom is 0.248 e. The van der Waals surface area contributed by atoms with E-state index < -0.39 is 15.3 Å². The molecular formula is C11H17N5O2S. The van der Waals surface area contributed by atoms with Gasteiger partial charge in [-0.05, 0) is 32.9 Å². The lowest BCUT2D eigenvalue weighted by Crippen LogP contribution is -2.29. The molecule has 2 heterocycles. The molecule has 2 rings (SSSR count). The van der Waals surface area contributed by atoms with E-state index >= 15 is 0 Å². The van der Waals surface area contributed by atoms with Crippen molar-refractivity contribution in [3.63, 3.8) is 0 Å². The normalized spacial score (nSPS) is 18.7. The zero-order chi connectivity index (χ0) is 13.9. The van der Waals surface area contributed by atoms with E-state index in [0.717, 1.165) is 25.9 Å². The monoisotopic (exact) mass is 283 g/mol. The zero-order valence-electron chi connectivity index (χ0n) is 10.7. The molecule has 1 aliphatic rings. The van der Waals surface area contributed by atoms with Crippen LogP contribution >= 0.6 is 0 Å². The minimum Gasteiger partial charge on any atom is -0.317 e. The van der Waals surface area contributed by atoms with E-state index in [1.165, 1.54) is 13.1 Å². The molecule has 1 unspecified atom stereocenters. The number of nitrogens with one attached hydrogen (secondary N) is 2. The second-order valence-electron chi connectivity index (χ2n) is 4.61. The molecule has 0 saturated carbocycles. The number of hydrogen-bond acceptors (Lipinski definition) is 5. The Hall–Kier alpha value is -1.59. The lowest BCUT2D eigenvalue weighted by atomic mass is 10.1. The molecule has 104 valence electrons. The van der Waals surface area contributed by atoms with Gasteiger partial charge in [-0.3, -0.25) is 9.40 Å². The van der Waals surface area contributed by atoms with Gasteiger partial charge in [0, 0.05) is 6.20 Å². The predicted molar refractivity (Wildman–Crippen MR) is 71.0 cm³/mol. The van der Waals surface area contributed by atoms with Crippen LogP contribution in [0, 0.1) is 11.3 Å². The minimum atomic E-state index is -3.66. The minimum absolute atomic E-state index is 0.299. The summed E-state index contributed by atoms with van der Waals surface area (Å²) in [4.78, 5) is 0. The van der Waals surface area contributed by atoms with Gasteiger partial charge < -0.3 is 5.32 Å². The highest BCUT2D eigenvalue weighted by molar-refractivity contribution is 7.93. The standard InChI is InChI=1S/C11H17N5O2S/c1-9(6-12)19(17,18)15-10-7-14-16(8-10)11-2-4-13-5-3-11/h7-9,11,13,15H,2-5H2,1H3. The van der Waals surface area contributed by atoms with Crippen LogP contribution < -0.4 is 10.0 Å². The van der Waals surface area contributed by atoms with Crippen molar-refractivity contribution >= 4 is 15.7 Å². The average molecular weight is 283 g/mol. The van der Waals surface area contributed by atoms with Gasteiger partial charge in [-0.1, -0.05) is 0 Å². The summed E-state index contributed by atoms with van der Waals surface area (Å²) in [6.07, 6.45) is 5.10. The van der Waals surface area contributed by atoms with Crippen LogP contribution in [0.3, 0.4) is 0 Å². The molecule has 0 spiro atoms. The number of aromatic nitrogens is 2. The van der Waals surface area contributed by atoms with Crippen molar-refractivity contribution in [2.45, 2.75) is 31.1 Å². The number of piperidine rings is 1. The van der Waals surface area contributed by atoms with Gasteiger partial charge in [-0.15, -0.1) is 0 Å². The quantitative estimate of drug-likeness (QED) is 0.836. The molecule has 1 fully saturated rings. The van der Waals surface area contributed by atoms with E-state index in [1.54, 1.807) is 16.9 Å². The van der Waals surface area contributed by atoms with Gasteiger partial charge in [0.05, 0.1) is 24.0 Å². The molecule has 0 amide bonds. The number of sulfonamides is 1. The molecular weight excluding hydrogens is 266 g/mol. The summed E-state index contributed by atoms with van der Waals surface area (Å²) < 4.78 is 27.6. The molecule has 1 aromatic heterocycles. The number of nitrogens with zero attached hydrogens (tertiary/aromatic N) is 3. The van der Waals surface area contributed by atoms with Crippen LogP contribution in [-0.4, -0.2) is 36.5 Å². The van der Waals surface area contributed by atoms with Gasteiger partial charge >= 0.3 is 0 Å². The molecule has 1 aromatic rings. The lowest BCUT2D eigenvalue weighted by molar-refractivity contribution is 0.343. The Morgan fingerprint density at radius 3 is 2.89 bits per heavy atom. The Kier molecular flexibility index (Phi) is 4.07. The smallest absolute Gasteiger partial charge is 0.248 e. The molecule has 1 saturated heterocycles. The first-order chi connectivity index (χ1) is 9.03. The zero-order valence-corrected chi connectivity index (χ0v) is 11.5. The number of rotatable bonds is 4. The second kappa shape index (κ2) is 5.59. The van der Waals surface area contributed by atoms with Gasteiger partial charge in [0.25, 0.3) is 0 Å². The van der Waals surface area contributed by atoms with Crippen LogP contribution in [0.5, 0.6) is 0 Å². The highest BCUT2D eigenvalue weighted by atomic mass is 32.2. The lowest BCUT2D eigenvalue weighted by Gasteiger charge is -2.22. The summed E-state index contributed by atoms with van der Waals surface area (Å²) in [5.41, 5.74) is 0.403. The van der Waals surface area contributed by atoms with Crippen molar-refractivity contribution < 1.29 is 8.42 Å². The topological polar surface area (TPSA) is 99.8 Å². The molecule has 7 nitrogen and oxygen atoms in total. The van der Waals surface area contributed by atoms with E-state index in [1.807, 2.05) is 0 Å². The van der Waals surface area contributed by atoms with Gasteiger partial charge in [-0.2, -0.15) is 10.4 Å². The Balaban J connectivity index is 2.07. The number of hydrogen-bond donors (Lipinski definition) is 2. The summed E-state index contributed by atoms with van der Waals surface area (Å²) in [5, 5.41) is 15.0. The number of anilines is 1. The molecule has 0 aliphatic carbocycles. The molecule has 0 bridgehead atoms. The summed E-state index contributed by atoms with van der Waals surface area (Å²) in [5.74, 6) is 0. The van der Waals surface area contributed by atoms with Crippen molar-refractivity contribution in [2.75, 3.05) is 17.8 Å². The molecule has 19 heavy (non-hydrogen) atoms. The van der Waals surface area contributed by atoms with Crippen LogP contribution in [0.15, 0.2) is 12.4 Å². The van der Waals surface area contributed by atoms with E-state index in [4.69, 9.17) is 5.26 Å². The van der Waals surface area contributed by atoms with Crippen molar-refractivity contribution in [2.24, 2.45) is 0 Å². The summed E-state index contributed by atoms with van der Waals surface area (Å²) in [7, 11) is -3.66. The fraction of sp³-hybridized carbons (Fsp3) is 0.636. The van der Waals surface area contributed by atoms with E-state index in [0.29, 0.717) is 11.7 Å². The predicted octanol–water partition coefficient (Wildman–Crippen LogP) is 0.461. The Labute approximate surface area is 112 Å². The van der Waals surface area contributed by atoms with Crippen molar-refractivity contribution in [1.82, 2.24) is 15.1 Å². The third-order valence-corrected chi connectivity index (χ3v) is 4.75. The largest absolute Gasteiger partial charge is 0.317 e. The Bertz CT molecular complexity index is 568. The van der Waals surface area contributed by atoms with Gasteiger partial charge in [0.1, 0.15) is 0 Å². The summed E-state index contributed by atoms with van der Waals surface area (Å²) >= 11 is 0. The third kappa shape index (κ3) is 3.24. The van der Waals surface area contributed by atoms with Crippen LogP contribution in [0.2, 0.25) is 0 Å². The van der Waals surface area contributed by atoms with E-state index in [-0.39, 0.29) is 0 Å². The fourth-order valence-corrected chi connectivity index (χ4v) is 2.73. The van der Waals surface area contributed by atoms with Crippen LogP contribution in [-0.2, 0) is 10.0 Å². The van der Waals surface area contributed by atoms with Crippen LogP contribution in [0.4, 0.5) is 5.69 Å². The molecule has 0 aromatic carbocycles. The first-order valence-electron chi connectivity index (χ1n) is 6.19. The maximum atomic E-state index is 11.7. The SMILES string of the molecule is CC(C#N)S(=O)(=O)Nc1cnn(C2CCNCC2)c1. The van der Waals surface area contributed by atoms with Gasteiger partial charge in [0.2, 0.25) is 10.0 Å². The van der Waals surface area contributed by atoms with Crippen LogP contribution in [0.25, 0.3) is 0 Å². The summed E-state index contributed by atoms with van der Waals surface area (Å²) in [6, 6.07) is 2.01. The fourth-order valence-electron chi connectivity index (χ4n) is 1.98. The number of nitriles is 1. The third-order valence-electron chi connectivity index (χ3n) is 3.19. The second-order valence-corrected chi connectivity index (χ2v) is 6.61. The van der Waals surface area contributed by atoms with Gasteiger partial charge in [-0.25, -0.2) is 8.42 Å². The van der Waals surface area contributed by atoms with Crippen LogP contribution in [0.1, 0.15) is 25.8 Å². The van der Waals surface area contributed by atoms with Gasteiger partial charge in [0.15, 0.2) is 5.25 Å². The van der Waals surface area contributed by atoms with Crippen molar-refractivity contribution in [1.29, 1.82) is 5.26 Å². The molecule has 2 N–H and O–H groups in total. The Morgan fingerprint density at radius 1 is 1.58 bits per heavy atom. The molecule has 1 atom stereocenters. The summed E-state index contributed by atoms with van der Waals surface area (Å²) in [6.45, 7) is 3.23. The molecule has 8 heteroatoms. The molecule has 1 aliphatic heterocycles. The highest BCUT2D eigenvalue weighted by Gasteiger charge is 2.21. The maximum absolute atomic E-state index is 11.7. The van der Waals surface area contributed by atoms with E-state index in [2.05, 4.69) is 15.1 Å². The van der Waals surface area contributed by atoms with E-state index in [9.17, 15) is 8.42 Å². The van der Waals surface area contributed by atoms with Crippen molar-refractivity contribution in [3.8, 4) is 6.07 Å². The average Bonchev–Trinajstić information content (AvgIpc) is 2.86. The Morgan fingerprint density at radius 2 is 2.26 bits per heavy atom. The highest BCUT2D eigenvalue weighted by Crippen LogP contribution is 2.20.